The van der Waals surface area contributed by atoms with Crippen molar-refractivity contribution < 1.29 is 8.83 Å². The maximum Gasteiger partial charge on any atom is 0.343 e. The first-order chi connectivity index (χ1) is 9.15. The first-order valence-corrected chi connectivity index (χ1v) is 5.79. The highest BCUT2D eigenvalue weighted by atomic mass is 16.4. The van der Waals surface area contributed by atoms with Crippen LogP contribution in [0.5, 0.6) is 0 Å². The summed E-state index contributed by atoms with van der Waals surface area (Å²) in [6.45, 7) is 1.79. The van der Waals surface area contributed by atoms with E-state index in [-0.39, 0.29) is 11.2 Å². The predicted molar refractivity (Wildman–Crippen MR) is 72.1 cm³/mol. The Hall–Kier alpha value is -2.62. The average molecular weight is 254 g/mol. The third-order valence-corrected chi connectivity index (χ3v) is 2.93. The maximum absolute atomic E-state index is 12.0. The number of hydrogen-bond donors (Lipinski definition) is 0. The molecule has 0 amide bonds. The highest BCUT2D eigenvalue weighted by Crippen LogP contribution is 2.14. The zero-order chi connectivity index (χ0) is 13.4. The van der Waals surface area contributed by atoms with Crippen LogP contribution in [-0.2, 0) is 0 Å². The molecule has 0 aliphatic carbocycles. The van der Waals surface area contributed by atoms with E-state index in [9.17, 15) is 9.59 Å². The minimum absolute atomic E-state index is 0.251. The van der Waals surface area contributed by atoms with Crippen molar-refractivity contribution in [2.24, 2.45) is 0 Å². The number of para-hydroxylation sites is 1. The van der Waals surface area contributed by atoms with E-state index in [1.807, 2.05) is 0 Å². The van der Waals surface area contributed by atoms with Crippen LogP contribution in [0.3, 0.4) is 0 Å². The van der Waals surface area contributed by atoms with Gasteiger partial charge in [-0.15, -0.1) is 0 Å². The van der Waals surface area contributed by atoms with Crippen molar-refractivity contribution in [3.63, 3.8) is 0 Å². The van der Waals surface area contributed by atoms with Crippen LogP contribution in [0.15, 0.2) is 60.9 Å². The van der Waals surface area contributed by atoms with E-state index in [0.29, 0.717) is 10.8 Å². The molecule has 2 aromatic carbocycles. The number of aryl methyl sites for hydroxylation is 1. The topological polar surface area (TPSA) is 60.4 Å². The van der Waals surface area contributed by atoms with Gasteiger partial charge in [-0.1, -0.05) is 12.1 Å². The summed E-state index contributed by atoms with van der Waals surface area (Å²) in [5, 5.41) is 0.790. The molecule has 0 fully saturated rings. The van der Waals surface area contributed by atoms with Gasteiger partial charge in [-0.05, 0) is 42.8 Å². The summed E-state index contributed by atoms with van der Waals surface area (Å²) in [6, 6.07) is 11.3. The molecular weight excluding hydrogens is 244 g/mol. The van der Waals surface area contributed by atoms with Gasteiger partial charge in [-0.3, -0.25) is 0 Å². The standard InChI is InChI=1S/C15H10O4/c1-9-3-2-4-12-13(9)19-15(17)11-7-5-10(6-8-11)14(16)18-12/h2-8H,1H3. The fourth-order valence-electron chi connectivity index (χ4n) is 1.89. The van der Waals surface area contributed by atoms with E-state index in [4.69, 9.17) is 8.83 Å². The summed E-state index contributed by atoms with van der Waals surface area (Å²) in [6.07, 6.45) is 0. The van der Waals surface area contributed by atoms with Gasteiger partial charge in [0.05, 0.1) is 10.8 Å². The van der Waals surface area contributed by atoms with E-state index >= 15 is 0 Å². The van der Waals surface area contributed by atoms with E-state index in [2.05, 4.69) is 0 Å². The molecule has 0 N–H and O–H groups in total. The number of benzene rings is 2. The second-order valence-corrected chi connectivity index (χ2v) is 4.26. The quantitative estimate of drug-likeness (QED) is 0.619. The smallest absolute Gasteiger partial charge is 0.343 e. The van der Waals surface area contributed by atoms with Gasteiger partial charge in [-0.25, -0.2) is 9.59 Å². The van der Waals surface area contributed by atoms with Gasteiger partial charge in [0.15, 0.2) is 11.2 Å². The normalized spacial score (nSPS) is 10.8. The zero-order valence-corrected chi connectivity index (χ0v) is 10.2. The molecule has 0 atom stereocenters. The van der Waals surface area contributed by atoms with Crippen LogP contribution in [0.25, 0.3) is 21.9 Å². The number of hydrogen-bond acceptors (Lipinski definition) is 4. The van der Waals surface area contributed by atoms with Crippen LogP contribution < -0.4 is 11.3 Å². The van der Waals surface area contributed by atoms with E-state index in [0.717, 1.165) is 5.56 Å². The van der Waals surface area contributed by atoms with Gasteiger partial charge in [0.2, 0.25) is 0 Å². The SMILES string of the molecule is Cc1cccc2oc(=O)c3ccc(cc3)c(=O)oc12. The Morgan fingerprint density at radius 2 is 1.37 bits per heavy atom. The number of fused-ring (bicyclic) bond motifs is 4. The minimum atomic E-state index is -0.476. The third kappa shape index (κ3) is 1.97. The van der Waals surface area contributed by atoms with Crippen LogP contribution in [0, 0.1) is 6.92 Å². The Morgan fingerprint density at radius 1 is 0.789 bits per heavy atom. The summed E-state index contributed by atoms with van der Waals surface area (Å²) in [5.41, 5.74) is 0.314. The van der Waals surface area contributed by atoms with Gasteiger partial charge in [-0.2, -0.15) is 0 Å². The maximum atomic E-state index is 12.0. The number of rotatable bonds is 0. The summed E-state index contributed by atoms with van der Waals surface area (Å²) >= 11 is 0. The third-order valence-electron chi connectivity index (χ3n) is 2.93. The molecule has 19 heavy (non-hydrogen) atoms. The molecule has 2 bridgehead atoms. The lowest BCUT2D eigenvalue weighted by Gasteiger charge is -1.96. The highest BCUT2D eigenvalue weighted by molar-refractivity contribution is 5.73. The van der Waals surface area contributed by atoms with Gasteiger partial charge in [0, 0.05) is 0 Å². The van der Waals surface area contributed by atoms with Crippen molar-refractivity contribution >= 4 is 21.9 Å². The summed E-state index contributed by atoms with van der Waals surface area (Å²) in [5.74, 6) is 0. The molecule has 4 heteroatoms. The summed E-state index contributed by atoms with van der Waals surface area (Å²) in [4.78, 5) is 23.9. The van der Waals surface area contributed by atoms with Crippen LogP contribution in [-0.4, -0.2) is 0 Å². The highest BCUT2D eigenvalue weighted by Gasteiger charge is 2.02. The molecule has 4 rings (SSSR count). The van der Waals surface area contributed by atoms with Crippen LogP contribution in [0.4, 0.5) is 0 Å². The van der Waals surface area contributed by atoms with Crippen LogP contribution in [0.1, 0.15) is 5.56 Å². The minimum Gasteiger partial charge on any atom is -0.419 e. The van der Waals surface area contributed by atoms with E-state index < -0.39 is 11.3 Å². The predicted octanol–water partition coefficient (Wildman–Crippen LogP) is 2.77. The zero-order valence-electron chi connectivity index (χ0n) is 10.2. The van der Waals surface area contributed by atoms with Gasteiger partial charge in [0.1, 0.15) is 0 Å². The molecule has 0 unspecified atom stereocenters. The van der Waals surface area contributed by atoms with E-state index in [1.54, 1.807) is 49.4 Å². The molecule has 4 aromatic rings. The Kier molecular flexibility index (Phi) is 2.56. The van der Waals surface area contributed by atoms with Crippen molar-refractivity contribution in [3.8, 4) is 0 Å². The molecule has 0 aliphatic rings. The first-order valence-electron chi connectivity index (χ1n) is 5.79. The fourth-order valence-corrected chi connectivity index (χ4v) is 1.89. The lowest BCUT2D eigenvalue weighted by molar-refractivity contribution is 0.531. The van der Waals surface area contributed by atoms with Gasteiger partial charge in [0.25, 0.3) is 0 Å². The molecule has 0 saturated heterocycles. The Balaban J connectivity index is 2.69. The van der Waals surface area contributed by atoms with Crippen molar-refractivity contribution in [2.75, 3.05) is 0 Å². The fraction of sp³-hybridized carbons (Fsp3) is 0.0667. The monoisotopic (exact) mass is 254 g/mol. The molecular formula is C15H10O4. The van der Waals surface area contributed by atoms with Crippen molar-refractivity contribution in [2.45, 2.75) is 6.92 Å². The Bertz CT molecular complexity index is 896. The molecule has 2 heterocycles. The lowest BCUT2D eigenvalue weighted by atomic mass is 10.2. The average Bonchev–Trinajstić information content (AvgIpc) is 2.42. The molecule has 0 saturated carbocycles. The van der Waals surface area contributed by atoms with Crippen molar-refractivity contribution in [1.82, 2.24) is 0 Å². The molecule has 0 spiro atoms. The lowest BCUT2D eigenvalue weighted by Crippen LogP contribution is -2.00. The van der Waals surface area contributed by atoms with Crippen molar-refractivity contribution in [1.29, 1.82) is 0 Å². The van der Waals surface area contributed by atoms with E-state index in [1.165, 1.54) is 0 Å². The summed E-state index contributed by atoms with van der Waals surface area (Å²) in [7, 11) is 0. The molecule has 0 radical (unpaired) electrons. The summed E-state index contributed by atoms with van der Waals surface area (Å²) < 4.78 is 10.6. The van der Waals surface area contributed by atoms with Crippen LogP contribution in [0.2, 0.25) is 0 Å². The second kappa shape index (κ2) is 4.24. The molecule has 0 aliphatic heterocycles. The molecule has 2 aromatic heterocycles. The molecule has 4 nitrogen and oxygen atoms in total. The van der Waals surface area contributed by atoms with Crippen molar-refractivity contribution in [3.05, 3.63) is 68.9 Å². The molecule has 94 valence electrons. The second-order valence-electron chi connectivity index (χ2n) is 4.26. The largest absolute Gasteiger partial charge is 0.419 e. The van der Waals surface area contributed by atoms with Gasteiger partial charge < -0.3 is 8.83 Å². The Morgan fingerprint density at radius 3 is 2.00 bits per heavy atom. The Labute approximate surface area is 107 Å². The first kappa shape index (κ1) is 11.5. The van der Waals surface area contributed by atoms with Crippen LogP contribution >= 0.6 is 0 Å². The van der Waals surface area contributed by atoms with Gasteiger partial charge >= 0.3 is 11.3 Å².